The monoisotopic (exact) mass is 561 g/mol. The van der Waals surface area contributed by atoms with Crippen molar-refractivity contribution < 1.29 is 0 Å². The van der Waals surface area contributed by atoms with Gasteiger partial charge in [-0.2, -0.15) is 10.5 Å². The molecule has 0 saturated carbocycles. The van der Waals surface area contributed by atoms with Crippen LogP contribution in [-0.2, 0) is 6.42 Å². The normalized spacial score (nSPS) is 13.4. The molecule has 0 aliphatic heterocycles. The van der Waals surface area contributed by atoms with Gasteiger partial charge >= 0.3 is 0 Å². The van der Waals surface area contributed by atoms with Crippen molar-refractivity contribution in [3.63, 3.8) is 0 Å². The van der Waals surface area contributed by atoms with Crippen LogP contribution in [-0.4, -0.2) is 4.57 Å². The maximum atomic E-state index is 9.96. The zero-order chi connectivity index (χ0) is 29.6. The van der Waals surface area contributed by atoms with Crippen LogP contribution >= 0.6 is 0 Å². The van der Waals surface area contributed by atoms with Gasteiger partial charge in [-0.25, -0.2) is 0 Å². The molecule has 1 heterocycles. The molecule has 6 aromatic carbocycles. The first kappa shape index (κ1) is 25.8. The Bertz CT molecular complexity index is 2280. The van der Waals surface area contributed by atoms with Gasteiger partial charge in [0.05, 0.1) is 27.8 Å². The topological polar surface area (TPSA) is 52.5 Å². The quantitative estimate of drug-likeness (QED) is 0.210. The summed E-state index contributed by atoms with van der Waals surface area (Å²) >= 11 is 0. The maximum absolute atomic E-state index is 9.96. The van der Waals surface area contributed by atoms with Gasteiger partial charge in [0.25, 0.3) is 0 Å². The van der Waals surface area contributed by atoms with E-state index < -0.39 is 0 Å². The van der Waals surface area contributed by atoms with Crippen LogP contribution in [0.2, 0.25) is 0 Å². The minimum Gasteiger partial charge on any atom is -0.307 e. The third-order valence-electron chi connectivity index (χ3n) is 9.13. The molecule has 7 aromatic rings. The second-order valence-electron chi connectivity index (χ2n) is 11.5. The molecule has 1 aliphatic rings. The highest BCUT2D eigenvalue weighted by Crippen LogP contribution is 2.48. The van der Waals surface area contributed by atoms with Crippen LogP contribution in [0.5, 0.6) is 0 Å². The zero-order valence-electron chi connectivity index (χ0n) is 24.0. The Morgan fingerprint density at radius 3 is 2.02 bits per heavy atom. The van der Waals surface area contributed by atoms with E-state index >= 15 is 0 Å². The lowest BCUT2D eigenvalue weighted by Crippen LogP contribution is -2.01. The van der Waals surface area contributed by atoms with Gasteiger partial charge in [0, 0.05) is 16.7 Å². The third-order valence-corrected chi connectivity index (χ3v) is 9.13. The highest BCUT2D eigenvalue weighted by atomic mass is 15.0. The lowest BCUT2D eigenvalue weighted by molar-refractivity contribution is 0.729. The summed E-state index contributed by atoms with van der Waals surface area (Å²) in [5, 5.41) is 22.1. The fraction of sp³-hybridized carbons (Fsp3) is 0.0732. The van der Waals surface area contributed by atoms with Crippen LogP contribution in [0.4, 0.5) is 0 Å². The molecule has 0 amide bonds. The van der Waals surface area contributed by atoms with Crippen molar-refractivity contribution >= 4 is 21.8 Å². The molecule has 8 rings (SSSR count). The van der Waals surface area contributed by atoms with Crippen LogP contribution < -0.4 is 0 Å². The minimum atomic E-state index is 0.380. The average molecular weight is 562 g/mol. The number of nitrogens with zero attached hydrogens (tertiary/aromatic N) is 3. The average Bonchev–Trinajstić information content (AvgIpc) is 3.59. The van der Waals surface area contributed by atoms with Gasteiger partial charge in [-0.3, -0.25) is 0 Å². The van der Waals surface area contributed by atoms with Gasteiger partial charge in [-0.1, -0.05) is 97.1 Å². The third kappa shape index (κ3) is 4.03. The number of aryl methyl sites for hydroxylation is 1. The predicted molar refractivity (Wildman–Crippen MR) is 178 cm³/mol. The summed E-state index contributed by atoms with van der Waals surface area (Å²) in [5.74, 6) is 0.380. The Kier molecular flexibility index (Phi) is 6.11. The summed E-state index contributed by atoms with van der Waals surface area (Å²) in [6.45, 7) is 0. The number of fused-ring (bicyclic) bond motifs is 6. The van der Waals surface area contributed by atoms with E-state index in [0.29, 0.717) is 22.7 Å². The van der Waals surface area contributed by atoms with Gasteiger partial charge in [0.15, 0.2) is 0 Å². The van der Waals surface area contributed by atoms with Crippen LogP contribution in [0.15, 0.2) is 133 Å². The van der Waals surface area contributed by atoms with E-state index in [4.69, 9.17) is 0 Å². The molecule has 3 nitrogen and oxygen atoms in total. The van der Waals surface area contributed by atoms with Crippen LogP contribution in [0, 0.1) is 22.7 Å². The standard InChI is InChI=1S/C41H27N3/c42-25-30-11-8-12-31(26-43)41(30)44-39-16-7-6-15-36(39)38-24-29(19-22-40(38)44)28-18-21-35-34(20-17-27-9-2-1-3-10-27)32-13-4-5-14-33(32)37(35)23-28/h1-16,18-19,21-24,34H,17,20H2. The molecule has 1 aromatic heterocycles. The number of aromatic nitrogens is 1. The molecular weight excluding hydrogens is 534 g/mol. The second-order valence-corrected chi connectivity index (χ2v) is 11.5. The van der Waals surface area contributed by atoms with Crippen molar-refractivity contribution in [1.29, 1.82) is 10.5 Å². The van der Waals surface area contributed by atoms with E-state index in [1.807, 2.05) is 12.1 Å². The first-order valence-corrected chi connectivity index (χ1v) is 15.0. The zero-order valence-corrected chi connectivity index (χ0v) is 24.0. The smallest absolute Gasteiger partial charge is 0.101 e. The predicted octanol–water partition coefficient (Wildman–Crippen LogP) is 9.94. The number of nitriles is 2. The lowest BCUT2D eigenvalue weighted by atomic mass is 9.90. The molecule has 1 atom stereocenters. The molecule has 44 heavy (non-hydrogen) atoms. The number of rotatable bonds is 5. The van der Waals surface area contributed by atoms with Crippen molar-refractivity contribution in [3.8, 4) is 40.1 Å². The van der Waals surface area contributed by atoms with Crippen LogP contribution in [0.25, 0.3) is 49.7 Å². The Morgan fingerprint density at radius 1 is 0.545 bits per heavy atom. The van der Waals surface area contributed by atoms with E-state index in [9.17, 15) is 10.5 Å². The molecular formula is C41H27N3. The first-order valence-electron chi connectivity index (χ1n) is 15.0. The van der Waals surface area contributed by atoms with Gasteiger partial charge in [0.1, 0.15) is 12.1 Å². The molecule has 0 saturated heterocycles. The molecule has 206 valence electrons. The highest BCUT2D eigenvalue weighted by molar-refractivity contribution is 6.11. The van der Waals surface area contributed by atoms with Gasteiger partial charge in [-0.15, -0.1) is 0 Å². The van der Waals surface area contributed by atoms with E-state index in [1.165, 1.54) is 33.4 Å². The number of hydrogen-bond acceptors (Lipinski definition) is 2. The van der Waals surface area contributed by atoms with Gasteiger partial charge in [-0.05, 0) is 88.2 Å². The van der Waals surface area contributed by atoms with Crippen molar-refractivity contribution in [1.82, 2.24) is 4.57 Å². The van der Waals surface area contributed by atoms with Crippen molar-refractivity contribution in [2.45, 2.75) is 18.8 Å². The molecule has 0 N–H and O–H groups in total. The molecule has 0 fully saturated rings. The van der Waals surface area contributed by atoms with Gasteiger partial charge in [0.2, 0.25) is 0 Å². The van der Waals surface area contributed by atoms with Crippen molar-refractivity contribution in [2.24, 2.45) is 0 Å². The Morgan fingerprint density at radius 2 is 1.20 bits per heavy atom. The second kappa shape index (κ2) is 10.4. The van der Waals surface area contributed by atoms with Crippen molar-refractivity contribution in [2.75, 3.05) is 0 Å². The number of benzene rings is 6. The van der Waals surface area contributed by atoms with Crippen LogP contribution in [0.3, 0.4) is 0 Å². The Balaban J connectivity index is 1.26. The summed E-state index contributed by atoms with van der Waals surface area (Å²) in [6, 6.07) is 51.3. The largest absolute Gasteiger partial charge is 0.307 e. The SMILES string of the molecule is N#Cc1cccc(C#N)c1-n1c2ccccc2c2cc(-c3ccc4c(c3)-c3ccccc3C4CCc3ccccc3)ccc21. The van der Waals surface area contributed by atoms with E-state index in [2.05, 4.69) is 120 Å². The molecule has 0 spiro atoms. The maximum Gasteiger partial charge on any atom is 0.101 e. The fourth-order valence-electron chi connectivity index (χ4n) is 7.11. The van der Waals surface area contributed by atoms with Crippen molar-refractivity contribution in [3.05, 3.63) is 161 Å². The lowest BCUT2D eigenvalue weighted by Gasteiger charge is -2.14. The Labute approximate surface area is 256 Å². The molecule has 0 radical (unpaired) electrons. The molecule has 1 unspecified atom stereocenters. The highest BCUT2D eigenvalue weighted by Gasteiger charge is 2.28. The van der Waals surface area contributed by atoms with E-state index in [1.54, 1.807) is 18.2 Å². The molecule has 0 bridgehead atoms. The molecule has 1 aliphatic carbocycles. The number of para-hydroxylation sites is 2. The number of hydrogen-bond donors (Lipinski definition) is 0. The minimum absolute atomic E-state index is 0.380. The summed E-state index contributed by atoms with van der Waals surface area (Å²) in [7, 11) is 0. The van der Waals surface area contributed by atoms with Gasteiger partial charge < -0.3 is 4.57 Å². The fourth-order valence-corrected chi connectivity index (χ4v) is 7.11. The van der Waals surface area contributed by atoms with Crippen LogP contribution in [0.1, 0.15) is 40.2 Å². The molecule has 3 heteroatoms. The summed E-state index contributed by atoms with van der Waals surface area (Å²) in [4.78, 5) is 0. The summed E-state index contributed by atoms with van der Waals surface area (Å²) in [6.07, 6.45) is 2.12. The van der Waals surface area contributed by atoms with E-state index in [0.717, 1.165) is 40.2 Å². The summed E-state index contributed by atoms with van der Waals surface area (Å²) in [5.41, 5.74) is 12.7. The first-order chi connectivity index (χ1) is 21.7. The van der Waals surface area contributed by atoms with E-state index in [-0.39, 0.29) is 0 Å². The summed E-state index contributed by atoms with van der Waals surface area (Å²) < 4.78 is 2.07. The Hall–Kier alpha value is -5.90.